The summed E-state index contributed by atoms with van der Waals surface area (Å²) in [5.74, 6) is 6.26. The van der Waals surface area contributed by atoms with Gasteiger partial charge in [0, 0.05) is 5.56 Å². The first-order valence-electron chi connectivity index (χ1n) is 6.75. The van der Waals surface area contributed by atoms with Crippen LogP contribution < -0.4 is 11.1 Å². The minimum Gasteiger partial charge on any atom is -0.467 e. The Balaban J connectivity index is 2.22. The molecule has 0 aliphatic rings. The highest BCUT2D eigenvalue weighted by atomic mass is 16.3. The molecule has 1 aromatic heterocycles. The van der Waals surface area contributed by atoms with Gasteiger partial charge in [-0.2, -0.15) is 0 Å². The monoisotopic (exact) mass is 282 g/mol. The van der Waals surface area contributed by atoms with Crippen molar-refractivity contribution in [3.05, 3.63) is 59.0 Å². The first-order valence-corrected chi connectivity index (χ1v) is 6.75. The van der Waals surface area contributed by atoms with Crippen LogP contribution in [0.15, 0.2) is 41.0 Å². The second-order valence-electron chi connectivity index (χ2n) is 4.77. The fraction of sp³-hybridized carbons (Fsp3) is 0.235. The van der Waals surface area contributed by atoms with Gasteiger partial charge in [-0.1, -0.05) is 17.9 Å². The number of hydrogen-bond donors (Lipinski definition) is 2. The number of carbonyl (C=O) groups is 1. The van der Waals surface area contributed by atoms with Crippen LogP contribution in [0.2, 0.25) is 0 Å². The van der Waals surface area contributed by atoms with Gasteiger partial charge in [-0.05, 0) is 43.7 Å². The molecule has 1 aromatic carbocycles. The molecule has 1 atom stereocenters. The van der Waals surface area contributed by atoms with Gasteiger partial charge in [-0.3, -0.25) is 4.79 Å². The number of aryl methyl sites for hydroxylation is 1. The third-order valence-corrected chi connectivity index (χ3v) is 3.06. The van der Waals surface area contributed by atoms with Gasteiger partial charge in [0.1, 0.15) is 5.76 Å². The van der Waals surface area contributed by atoms with Gasteiger partial charge in [0.2, 0.25) is 0 Å². The Morgan fingerprint density at radius 3 is 2.90 bits per heavy atom. The normalized spacial score (nSPS) is 11.4. The minimum atomic E-state index is -0.205. The zero-order valence-corrected chi connectivity index (χ0v) is 12.1. The van der Waals surface area contributed by atoms with Crippen molar-refractivity contribution in [3.63, 3.8) is 0 Å². The van der Waals surface area contributed by atoms with Crippen molar-refractivity contribution in [2.75, 3.05) is 6.54 Å². The number of amides is 1. The Morgan fingerprint density at radius 1 is 1.43 bits per heavy atom. The largest absolute Gasteiger partial charge is 0.467 e. The van der Waals surface area contributed by atoms with Crippen molar-refractivity contribution < 1.29 is 9.21 Å². The lowest BCUT2D eigenvalue weighted by molar-refractivity contribution is 0.0935. The first kappa shape index (κ1) is 14.9. The number of hydrogen-bond acceptors (Lipinski definition) is 3. The molecule has 0 aliphatic carbocycles. The number of nitrogens with two attached hydrogens (primary N) is 1. The number of nitrogens with one attached hydrogen (secondary N) is 1. The van der Waals surface area contributed by atoms with E-state index < -0.39 is 0 Å². The summed E-state index contributed by atoms with van der Waals surface area (Å²) in [5, 5.41) is 2.90. The Kier molecular flexibility index (Phi) is 4.81. The molecule has 1 unspecified atom stereocenters. The van der Waals surface area contributed by atoms with Crippen molar-refractivity contribution >= 4 is 5.91 Å². The molecule has 3 N–H and O–H groups in total. The molecule has 1 amide bonds. The number of carbonyl (C=O) groups excluding carboxylic acids is 1. The maximum Gasteiger partial charge on any atom is 0.253 e. The van der Waals surface area contributed by atoms with Gasteiger partial charge in [0.25, 0.3) is 5.91 Å². The fourth-order valence-electron chi connectivity index (χ4n) is 1.99. The SMILES string of the molecule is Cc1ccc(C(=O)NC(C)c2ccco2)c(C#CCN)c1. The van der Waals surface area contributed by atoms with Gasteiger partial charge in [-0.15, -0.1) is 0 Å². The molecule has 0 saturated carbocycles. The van der Waals surface area contributed by atoms with Gasteiger partial charge in [0.15, 0.2) is 0 Å². The smallest absolute Gasteiger partial charge is 0.253 e. The number of furan rings is 1. The van der Waals surface area contributed by atoms with E-state index in [1.165, 1.54) is 0 Å². The van der Waals surface area contributed by atoms with Crippen LogP contribution in [-0.4, -0.2) is 12.5 Å². The van der Waals surface area contributed by atoms with E-state index in [4.69, 9.17) is 10.2 Å². The zero-order chi connectivity index (χ0) is 15.2. The summed E-state index contributed by atoms with van der Waals surface area (Å²) >= 11 is 0. The van der Waals surface area contributed by atoms with Crippen molar-refractivity contribution in [2.24, 2.45) is 5.73 Å². The molecule has 0 bridgehead atoms. The molecule has 0 spiro atoms. The van der Waals surface area contributed by atoms with Crippen LogP contribution in [0.3, 0.4) is 0 Å². The summed E-state index contributed by atoms with van der Waals surface area (Å²) in [5.41, 5.74) is 7.67. The number of benzene rings is 1. The summed E-state index contributed by atoms with van der Waals surface area (Å²) < 4.78 is 5.29. The highest BCUT2D eigenvalue weighted by Gasteiger charge is 2.15. The topological polar surface area (TPSA) is 68.3 Å². The predicted molar refractivity (Wildman–Crippen MR) is 81.7 cm³/mol. The molecule has 4 heteroatoms. The van der Waals surface area contributed by atoms with Gasteiger partial charge in [-0.25, -0.2) is 0 Å². The summed E-state index contributed by atoms with van der Waals surface area (Å²) in [7, 11) is 0. The van der Waals surface area contributed by atoms with Gasteiger partial charge in [0.05, 0.1) is 24.4 Å². The van der Waals surface area contributed by atoms with Crippen LogP contribution in [0.1, 0.15) is 40.2 Å². The zero-order valence-electron chi connectivity index (χ0n) is 12.1. The minimum absolute atomic E-state index is 0.180. The summed E-state index contributed by atoms with van der Waals surface area (Å²) in [4.78, 5) is 12.4. The number of rotatable bonds is 3. The molecule has 0 saturated heterocycles. The van der Waals surface area contributed by atoms with E-state index in [0.717, 1.165) is 5.56 Å². The van der Waals surface area contributed by atoms with E-state index in [1.807, 2.05) is 32.0 Å². The van der Waals surface area contributed by atoms with Crippen LogP contribution in [-0.2, 0) is 0 Å². The molecule has 1 heterocycles. The molecule has 0 aliphatic heterocycles. The highest BCUT2D eigenvalue weighted by molar-refractivity contribution is 5.97. The average molecular weight is 282 g/mol. The molecule has 4 nitrogen and oxygen atoms in total. The van der Waals surface area contributed by atoms with E-state index in [1.54, 1.807) is 18.4 Å². The Morgan fingerprint density at radius 2 is 2.24 bits per heavy atom. The maximum atomic E-state index is 12.4. The first-order chi connectivity index (χ1) is 10.1. The van der Waals surface area contributed by atoms with E-state index in [0.29, 0.717) is 16.9 Å². The average Bonchev–Trinajstić information content (AvgIpc) is 2.99. The molecular formula is C17H18N2O2. The predicted octanol–water partition coefficient (Wildman–Crippen LogP) is 2.39. The summed E-state index contributed by atoms with van der Waals surface area (Å²) in [6.45, 7) is 4.09. The standard InChI is InChI=1S/C17H18N2O2/c1-12-7-8-15(14(11-12)5-3-9-18)17(20)19-13(2)16-6-4-10-21-16/h4,6-8,10-11,13H,9,18H2,1-2H3,(H,19,20). The molecule has 2 aromatic rings. The summed E-state index contributed by atoms with van der Waals surface area (Å²) in [6.07, 6.45) is 1.59. The Bertz CT molecular complexity index is 679. The lowest BCUT2D eigenvalue weighted by Gasteiger charge is -2.12. The maximum absolute atomic E-state index is 12.4. The van der Waals surface area contributed by atoms with Crippen LogP contribution in [0.5, 0.6) is 0 Å². The molecular weight excluding hydrogens is 264 g/mol. The van der Waals surface area contributed by atoms with Gasteiger partial charge < -0.3 is 15.5 Å². The van der Waals surface area contributed by atoms with Crippen molar-refractivity contribution in [3.8, 4) is 11.8 Å². The molecule has 108 valence electrons. The Labute approximate surface area is 124 Å². The third kappa shape index (κ3) is 3.74. The van der Waals surface area contributed by atoms with Crippen LogP contribution in [0, 0.1) is 18.8 Å². The van der Waals surface area contributed by atoms with Gasteiger partial charge >= 0.3 is 0 Å². The Hall–Kier alpha value is -2.51. The van der Waals surface area contributed by atoms with E-state index in [-0.39, 0.29) is 18.5 Å². The van der Waals surface area contributed by atoms with Crippen LogP contribution in [0.4, 0.5) is 0 Å². The van der Waals surface area contributed by atoms with E-state index in [2.05, 4.69) is 17.2 Å². The van der Waals surface area contributed by atoms with Crippen molar-refractivity contribution in [2.45, 2.75) is 19.9 Å². The van der Waals surface area contributed by atoms with Crippen LogP contribution in [0.25, 0.3) is 0 Å². The molecule has 2 rings (SSSR count). The molecule has 0 radical (unpaired) electrons. The lowest BCUT2D eigenvalue weighted by Crippen LogP contribution is -2.27. The van der Waals surface area contributed by atoms with E-state index in [9.17, 15) is 4.79 Å². The van der Waals surface area contributed by atoms with E-state index >= 15 is 0 Å². The third-order valence-electron chi connectivity index (χ3n) is 3.06. The molecule has 0 fully saturated rings. The second kappa shape index (κ2) is 6.78. The lowest BCUT2D eigenvalue weighted by atomic mass is 10.0. The molecule has 21 heavy (non-hydrogen) atoms. The van der Waals surface area contributed by atoms with Crippen molar-refractivity contribution in [1.82, 2.24) is 5.32 Å². The second-order valence-corrected chi connectivity index (χ2v) is 4.77. The summed E-state index contributed by atoms with van der Waals surface area (Å²) in [6, 6.07) is 8.97. The highest BCUT2D eigenvalue weighted by Crippen LogP contribution is 2.15. The quantitative estimate of drug-likeness (QED) is 0.849. The fourth-order valence-corrected chi connectivity index (χ4v) is 1.99. The van der Waals surface area contributed by atoms with Crippen molar-refractivity contribution in [1.29, 1.82) is 0 Å². The van der Waals surface area contributed by atoms with Crippen LogP contribution >= 0.6 is 0 Å².